The number of carboxylic acid groups (broad SMARTS) is 1. The molecule has 1 aliphatic rings. The van der Waals surface area contributed by atoms with E-state index < -0.39 is 52.5 Å². The van der Waals surface area contributed by atoms with Gasteiger partial charge in [-0.3, -0.25) is 14.9 Å². The largest absolute Gasteiger partial charge is 0.480 e. The first-order chi connectivity index (χ1) is 18.4. The van der Waals surface area contributed by atoms with E-state index in [1.54, 1.807) is 13.8 Å². The second kappa shape index (κ2) is 11.2. The van der Waals surface area contributed by atoms with E-state index in [2.05, 4.69) is 5.32 Å². The highest BCUT2D eigenvalue weighted by molar-refractivity contribution is 6.31. The number of aliphatic carboxylic acids is 1. The summed E-state index contributed by atoms with van der Waals surface area (Å²) in [6, 6.07) is 14.7. The number of halogens is 4. The van der Waals surface area contributed by atoms with Crippen molar-refractivity contribution >= 4 is 35.1 Å². The predicted octanol–water partition coefficient (Wildman–Crippen LogP) is 5.79. The number of ether oxygens (including phenoxy) is 1. The summed E-state index contributed by atoms with van der Waals surface area (Å²) in [6.07, 6.45) is -0.0539. The van der Waals surface area contributed by atoms with Gasteiger partial charge in [0.25, 0.3) is 0 Å². The average molecular weight is 577 g/mol. The smallest absolute Gasteiger partial charge is 0.321 e. The van der Waals surface area contributed by atoms with E-state index in [-0.39, 0.29) is 34.2 Å². The summed E-state index contributed by atoms with van der Waals surface area (Å²) < 4.78 is 36.4. The summed E-state index contributed by atoms with van der Waals surface area (Å²) in [5.74, 6) is -4.83. The summed E-state index contributed by atoms with van der Waals surface area (Å²) in [4.78, 5) is 25.6. The van der Waals surface area contributed by atoms with Gasteiger partial charge in [0.15, 0.2) is 0 Å². The summed E-state index contributed by atoms with van der Waals surface area (Å²) in [5, 5.41) is 13.0. The van der Waals surface area contributed by atoms with Crippen molar-refractivity contribution in [3.05, 3.63) is 105 Å². The molecule has 0 bridgehead atoms. The maximum Gasteiger partial charge on any atom is 0.321 e. The van der Waals surface area contributed by atoms with Gasteiger partial charge in [0.2, 0.25) is 0 Å². The van der Waals surface area contributed by atoms with Gasteiger partial charge in [-0.15, -0.1) is 0 Å². The van der Waals surface area contributed by atoms with Crippen LogP contribution in [0.1, 0.15) is 42.9 Å². The topological polar surface area (TPSA) is 102 Å². The molecule has 0 radical (unpaired) electrons. The van der Waals surface area contributed by atoms with Gasteiger partial charge in [0.05, 0.1) is 16.0 Å². The molecule has 10 heteroatoms. The van der Waals surface area contributed by atoms with Gasteiger partial charge in [-0.05, 0) is 49.6 Å². The normalized spacial score (nSPS) is 23.0. The lowest BCUT2D eigenvalue weighted by atomic mass is 9.68. The molecule has 6 nitrogen and oxygen atoms in total. The second-order valence-corrected chi connectivity index (χ2v) is 11.2. The van der Waals surface area contributed by atoms with Crippen molar-refractivity contribution in [2.75, 3.05) is 0 Å². The van der Waals surface area contributed by atoms with Crippen molar-refractivity contribution in [3.8, 4) is 0 Å². The third kappa shape index (κ3) is 5.65. The third-order valence-corrected chi connectivity index (χ3v) is 7.79. The lowest BCUT2D eigenvalue weighted by molar-refractivity contribution is -0.156. The lowest BCUT2D eigenvalue weighted by Gasteiger charge is -2.40. The fraction of sp³-hybridized carbons (Fsp3) is 0.310. The molecule has 4 atom stereocenters. The number of carbonyl (C=O) groups is 2. The van der Waals surface area contributed by atoms with Crippen LogP contribution in [0, 0.1) is 17.0 Å². The van der Waals surface area contributed by atoms with Crippen LogP contribution in [0.3, 0.4) is 0 Å². The van der Waals surface area contributed by atoms with E-state index in [1.807, 2.05) is 30.3 Å². The highest BCUT2D eigenvalue weighted by Crippen LogP contribution is 2.50. The number of hydrogen-bond donors (Lipinski definition) is 3. The Hall–Kier alpha value is -3.04. The van der Waals surface area contributed by atoms with Crippen LogP contribution < -0.4 is 11.1 Å². The summed E-state index contributed by atoms with van der Waals surface area (Å²) in [7, 11) is 0. The van der Waals surface area contributed by atoms with Crippen LogP contribution in [0.4, 0.5) is 8.78 Å². The summed E-state index contributed by atoms with van der Waals surface area (Å²) in [6.45, 7) is 3.29. The van der Waals surface area contributed by atoms with Crippen LogP contribution in [0.2, 0.25) is 10.0 Å². The van der Waals surface area contributed by atoms with Gasteiger partial charge in [-0.25, -0.2) is 8.78 Å². The zero-order valence-electron chi connectivity index (χ0n) is 21.3. The molecule has 0 aliphatic carbocycles. The Labute approximate surface area is 235 Å². The molecular formula is C29H28Cl2F2N2O4. The molecule has 1 aliphatic heterocycles. The van der Waals surface area contributed by atoms with Gasteiger partial charge in [0, 0.05) is 22.5 Å². The number of nitrogens with two attached hydrogens (primary N) is 1. The fourth-order valence-electron chi connectivity index (χ4n) is 5.29. The number of carbonyl (C=O) groups excluding carboxylic acids is 1. The highest BCUT2D eigenvalue weighted by Gasteiger charge is 2.59. The van der Waals surface area contributed by atoms with E-state index in [1.165, 1.54) is 30.3 Å². The number of benzene rings is 3. The Balaban J connectivity index is 1.78. The Morgan fingerprint density at radius 1 is 1.08 bits per heavy atom. The van der Waals surface area contributed by atoms with E-state index in [9.17, 15) is 14.7 Å². The molecule has 0 aromatic heterocycles. The molecule has 1 heterocycles. The van der Waals surface area contributed by atoms with Gasteiger partial charge in [-0.1, -0.05) is 71.7 Å². The van der Waals surface area contributed by atoms with Crippen molar-refractivity contribution in [1.29, 1.82) is 0 Å². The number of carboxylic acids is 1. The molecule has 206 valence electrons. The Morgan fingerprint density at radius 3 is 2.41 bits per heavy atom. The van der Waals surface area contributed by atoms with Crippen molar-refractivity contribution in [2.24, 2.45) is 11.1 Å². The van der Waals surface area contributed by atoms with Crippen LogP contribution in [0.5, 0.6) is 0 Å². The van der Waals surface area contributed by atoms with Crippen LogP contribution >= 0.6 is 23.2 Å². The van der Waals surface area contributed by atoms with Crippen molar-refractivity contribution < 1.29 is 28.2 Å². The van der Waals surface area contributed by atoms with Gasteiger partial charge in [0.1, 0.15) is 24.3 Å². The minimum absolute atomic E-state index is 0.0366. The maximum atomic E-state index is 15.5. The van der Waals surface area contributed by atoms with Gasteiger partial charge < -0.3 is 15.6 Å². The molecule has 4 rings (SSSR count). The van der Waals surface area contributed by atoms with Crippen LogP contribution in [-0.2, 0) is 26.5 Å². The molecule has 39 heavy (non-hydrogen) atoms. The van der Waals surface area contributed by atoms with Crippen LogP contribution in [-0.4, -0.2) is 29.1 Å². The van der Waals surface area contributed by atoms with E-state index >= 15 is 8.78 Å². The molecule has 1 fully saturated rings. The summed E-state index contributed by atoms with van der Waals surface area (Å²) in [5.41, 5.74) is 4.60. The second-order valence-electron chi connectivity index (χ2n) is 10.4. The van der Waals surface area contributed by atoms with Crippen molar-refractivity contribution in [2.45, 2.75) is 50.4 Å². The predicted molar refractivity (Wildman–Crippen MR) is 144 cm³/mol. The molecule has 1 saturated heterocycles. The van der Waals surface area contributed by atoms with E-state index in [0.717, 1.165) is 11.6 Å². The number of esters is 1. The Morgan fingerprint density at radius 2 is 1.77 bits per heavy atom. The minimum Gasteiger partial charge on any atom is -0.480 e. The monoisotopic (exact) mass is 576 g/mol. The third-order valence-electron chi connectivity index (χ3n) is 7.27. The number of rotatable bonds is 8. The number of hydrogen-bond acceptors (Lipinski definition) is 5. The SMILES string of the molecule is CC(C)(C[C@@H]1N[C@@H](C(=O)O)[C@H](c2cccc(Cl)c2F)[C@@]1(N)c1ccc(Cl)cc1F)C(=O)OCc1ccccc1. The van der Waals surface area contributed by atoms with Crippen LogP contribution in [0.25, 0.3) is 0 Å². The van der Waals surface area contributed by atoms with E-state index in [0.29, 0.717) is 0 Å². The van der Waals surface area contributed by atoms with Crippen molar-refractivity contribution in [3.63, 3.8) is 0 Å². The lowest BCUT2D eigenvalue weighted by Crippen LogP contribution is -2.53. The molecule has 4 N–H and O–H groups in total. The van der Waals surface area contributed by atoms with Crippen LogP contribution in [0.15, 0.2) is 66.7 Å². The molecule has 3 aromatic carbocycles. The first-order valence-electron chi connectivity index (χ1n) is 12.2. The first kappa shape index (κ1) is 29.0. The zero-order chi connectivity index (χ0) is 28.5. The standard InChI is InChI=1S/C29H28Cl2F2N2O4/c1-28(2,27(38)39-15-16-7-4-3-5-8-16)14-22-29(34,19-12-11-17(30)13-21(19)32)23(25(35-22)26(36)37)18-9-6-10-20(31)24(18)33/h3-13,22-23,25,35H,14-15,34H2,1-2H3,(H,36,37)/t22-,23-,25+,29+/m0/s1. The molecule has 0 unspecified atom stereocenters. The number of nitrogens with one attached hydrogen (secondary N) is 1. The molecule has 0 spiro atoms. The molecule has 0 amide bonds. The maximum absolute atomic E-state index is 15.5. The molecular weight excluding hydrogens is 549 g/mol. The minimum atomic E-state index is -1.83. The van der Waals surface area contributed by atoms with E-state index in [4.69, 9.17) is 33.7 Å². The Kier molecular flexibility index (Phi) is 8.33. The average Bonchev–Trinajstić information content (AvgIpc) is 3.17. The zero-order valence-corrected chi connectivity index (χ0v) is 22.8. The van der Waals surface area contributed by atoms with Crippen molar-refractivity contribution in [1.82, 2.24) is 5.32 Å². The Bertz CT molecular complexity index is 1390. The van der Waals surface area contributed by atoms with Gasteiger partial charge in [-0.2, -0.15) is 0 Å². The first-order valence-corrected chi connectivity index (χ1v) is 13.0. The fourth-order valence-corrected chi connectivity index (χ4v) is 5.63. The quantitative estimate of drug-likeness (QED) is 0.293. The highest BCUT2D eigenvalue weighted by atomic mass is 35.5. The molecule has 3 aromatic rings. The molecule has 0 saturated carbocycles. The summed E-state index contributed by atoms with van der Waals surface area (Å²) >= 11 is 12.0. The van der Waals surface area contributed by atoms with Gasteiger partial charge >= 0.3 is 11.9 Å².